The van der Waals surface area contributed by atoms with E-state index in [1.54, 1.807) is 0 Å². The van der Waals surface area contributed by atoms with E-state index < -0.39 is 0 Å². The Morgan fingerprint density at radius 3 is 3.00 bits per heavy atom. The molecule has 3 nitrogen and oxygen atoms in total. The number of nitrogens with one attached hydrogen (secondary N) is 1. The van der Waals surface area contributed by atoms with Crippen molar-refractivity contribution in [1.82, 2.24) is 15.1 Å². The Hall–Kier alpha value is -0.590. The third kappa shape index (κ3) is 3.46. The Morgan fingerprint density at radius 2 is 2.22 bits per heavy atom. The molecule has 96 valence electrons. The lowest BCUT2D eigenvalue weighted by atomic mass is 10.3. The molecule has 18 heavy (non-hydrogen) atoms. The molecule has 0 bridgehead atoms. The van der Waals surface area contributed by atoms with E-state index in [1.807, 2.05) is 35.1 Å². The van der Waals surface area contributed by atoms with E-state index in [-0.39, 0.29) is 0 Å². The largest absolute Gasteiger partial charge is 0.311 e. The van der Waals surface area contributed by atoms with E-state index in [9.17, 15) is 0 Å². The Morgan fingerprint density at radius 1 is 1.39 bits per heavy atom. The Labute approximate surface area is 126 Å². The summed E-state index contributed by atoms with van der Waals surface area (Å²) in [6.07, 6.45) is 3.07. The van der Waals surface area contributed by atoms with Gasteiger partial charge in [0.05, 0.1) is 16.4 Å². The van der Waals surface area contributed by atoms with Crippen molar-refractivity contribution < 1.29 is 0 Å². The van der Waals surface area contributed by atoms with Gasteiger partial charge in [-0.1, -0.05) is 18.5 Å². The molecule has 1 aromatic heterocycles. The zero-order valence-electron chi connectivity index (χ0n) is 10.2. The highest BCUT2D eigenvalue weighted by molar-refractivity contribution is 14.1. The molecule has 1 heterocycles. The van der Waals surface area contributed by atoms with Gasteiger partial charge in [-0.25, -0.2) is 4.68 Å². The second-order valence-electron chi connectivity index (χ2n) is 4.02. The van der Waals surface area contributed by atoms with Gasteiger partial charge in [0.15, 0.2) is 0 Å². The van der Waals surface area contributed by atoms with Gasteiger partial charge in [0, 0.05) is 16.3 Å². The number of aromatic nitrogens is 2. The number of halogens is 2. The number of rotatable bonds is 5. The van der Waals surface area contributed by atoms with Crippen LogP contribution >= 0.6 is 34.2 Å². The standard InChI is InChI=1S/C13H15ClIN3/c1-2-6-16-9-11-5-7-18(17-11)13-8-10(15)3-4-12(13)14/h3-5,7-8,16H,2,6,9H2,1H3. The first-order valence-electron chi connectivity index (χ1n) is 5.91. The van der Waals surface area contributed by atoms with Crippen molar-refractivity contribution >= 4 is 34.2 Å². The second kappa shape index (κ2) is 6.54. The predicted molar refractivity (Wildman–Crippen MR) is 83.3 cm³/mol. The van der Waals surface area contributed by atoms with E-state index in [0.29, 0.717) is 5.02 Å². The van der Waals surface area contributed by atoms with Crippen LogP contribution in [0.15, 0.2) is 30.5 Å². The maximum Gasteiger partial charge on any atom is 0.0842 e. The zero-order valence-corrected chi connectivity index (χ0v) is 13.1. The molecular formula is C13H15ClIN3. The summed E-state index contributed by atoms with van der Waals surface area (Å²) in [7, 11) is 0. The SMILES string of the molecule is CCCNCc1ccn(-c2cc(I)ccc2Cl)n1. The molecule has 0 atom stereocenters. The minimum atomic E-state index is 0.714. The van der Waals surface area contributed by atoms with Gasteiger partial charge in [0.25, 0.3) is 0 Å². The quantitative estimate of drug-likeness (QED) is 0.639. The predicted octanol–water partition coefficient (Wildman–Crippen LogP) is 3.63. The van der Waals surface area contributed by atoms with Crippen LogP contribution in [-0.4, -0.2) is 16.3 Å². The fourth-order valence-electron chi connectivity index (χ4n) is 1.64. The van der Waals surface area contributed by atoms with Crippen LogP contribution in [0.5, 0.6) is 0 Å². The molecule has 0 amide bonds. The summed E-state index contributed by atoms with van der Waals surface area (Å²) in [5, 5.41) is 8.57. The van der Waals surface area contributed by atoms with Gasteiger partial charge in [-0.3, -0.25) is 0 Å². The third-order valence-electron chi connectivity index (χ3n) is 2.53. The molecule has 0 fully saturated rings. The maximum atomic E-state index is 6.19. The lowest BCUT2D eigenvalue weighted by molar-refractivity contribution is 0.656. The molecule has 0 aliphatic rings. The van der Waals surface area contributed by atoms with Gasteiger partial charge < -0.3 is 5.32 Å². The number of hydrogen-bond donors (Lipinski definition) is 1. The molecule has 0 saturated heterocycles. The first-order valence-corrected chi connectivity index (χ1v) is 7.37. The Kier molecular flexibility index (Phi) is 5.03. The van der Waals surface area contributed by atoms with E-state index in [1.165, 1.54) is 0 Å². The highest BCUT2D eigenvalue weighted by Crippen LogP contribution is 2.22. The lowest BCUT2D eigenvalue weighted by Crippen LogP contribution is -2.14. The first-order chi connectivity index (χ1) is 8.70. The minimum Gasteiger partial charge on any atom is -0.311 e. The smallest absolute Gasteiger partial charge is 0.0842 e. The van der Waals surface area contributed by atoms with Gasteiger partial charge in [-0.2, -0.15) is 5.10 Å². The van der Waals surface area contributed by atoms with Crippen molar-refractivity contribution in [3.05, 3.63) is 44.7 Å². The highest BCUT2D eigenvalue weighted by Gasteiger charge is 2.05. The topological polar surface area (TPSA) is 29.9 Å². The van der Waals surface area contributed by atoms with Crippen LogP contribution in [0.25, 0.3) is 5.69 Å². The summed E-state index contributed by atoms with van der Waals surface area (Å²) >= 11 is 8.46. The average Bonchev–Trinajstić information content (AvgIpc) is 2.81. The number of hydrogen-bond acceptors (Lipinski definition) is 2. The lowest BCUT2D eigenvalue weighted by Gasteiger charge is -2.05. The maximum absolute atomic E-state index is 6.19. The van der Waals surface area contributed by atoms with Crippen LogP contribution in [0.4, 0.5) is 0 Å². The fraction of sp³-hybridized carbons (Fsp3) is 0.308. The van der Waals surface area contributed by atoms with Crippen LogP contribution in [-0.2, 0) is 6.54 Å². The van der Waals surface area contributed by atoms with Crippen LogP contribution < -0.4 is 5.32 Å². The molecule has 1 N–H and O–H groups in total. The normalized spacial score (nSPS) is 10.8. The van der Waals surface area contributed by atoms with Crippen LogP contribution in [0.2, 0.25) is 5.02 Å². The van der Waals surface area contributed by atoms with Gasteiger partial charge in [0.1, 0.15) is 0 Å². The molecule has 0 unspecified atom stereocenters. The molecule has 0 aliphatic carbocycles. The minimum absolute atomic E-state index is 0.714. The average molecular weight is 376 g/mol. The van der Waals surface area contributed by atoms with E-state index in [2.05, 4.69) is 39.9 Å². The number of benzene rings is 1. The summed E-state index contributed by atoms with van der Waals surface area (Å²) in [6.45, 7) is 3.95. The Bertz CT molecular complexity index is 525. The monoisotopic (exact) mass is 375 g/mol. The van der Waals surface area contributed by atoms with Crippen molar-refractivity contribution in [3.63, 3.8) is 0 Å². The molecule has 2 aromatic rings. The van der Waals surface area contributed by atoms with Crippen LogP contribution in [0.1, 0.15) is 19.0 Å². The molecular weight excluding hydrogens is 361 g/mol. The Balaban J connectivity index is 2.16. The first kappa shape index (κ1) is 13.8. The van der Waals surface area contributed by atoms with Crippen LogP contribution in [0, 0.1) is 3.57 Å². The van der Waals surface area contributed by atoms with Gasteiger partial charge >= 0.3 is 0 Å². The molecule has 0 spiro atoms. The summed E-state index contributed by atoms with van der Waals surface area (Å²) in [6, 6.07) is 7.92. The molecule has 0 saturated carbocycles. The van der Waals surface area contributed by atoms with Gasteiger partial charge in [0.2, 0.25) is 0 Å². The summed E-state index contributed by atoms with van der Waals surface area (Å²) in [5.41, 5.74) is 1.95. The molecule has 0 radical (unpaired) electrons. The van der Waals surface area contributed by atoms with Crippen molar-refractivity contribution in [2.45, 2.75) is 19.9 Å². The fourth-order valence-corrected chi connectivity index (χ4v) is 2.32. The number of nitrogens with zero attached hydrogens (tertiary/aromatic N) is 2. The van der Waals surface area contributed by atoms with E-state index in [4.69, 9.17) is 11.6 Å². The molecule has 2 rings (SSSR count). The summed E-state index contributed by atoms with van der Waals surface area (Å²) < 4.78 is 2.97. The summed E-state index contributed by atoms with van der Waals surface area (Å²) in [4.78, 5) is 0. The molecule has 1 aromatic carbocycles. The van der Waals surface area contributed by atoms with Crippen molar-refractivity contribution in [2.75, 3.05) is 6.54 Å². The molecule has 5 heteroatoms. The van der Waals surface area contributed by atoms with Crippen LogP contribution in [0.3, 0.4) is 0 Å². The van der Waals surface area contributed by atoms with E-state index >= 15 is 0 Å². The summed E-state index contributed by atoms with van der Waals surface area (Å²) in [5.74, 6) is 0. The molecule has 0 aliphatic heterocycles. The van der Waals surface area contributed by atoms with Gasteiger partial charge in [-0.05, 0) is 59.8 Å². The van der Waals surface area contributed by atoms with E-state index in [0.717, 1.165) is 34.5 Å². The second-order valence-corrected chi connectivity index (χ2v) is 5.68. The van der Waals surface area contributed by atoms with Gasteiger partial charge in [-0.15, -0.1) is 0 Å². The zero-order chi connectivity index (χ0) is 13.0. The van der Waals surface area contributed by atoms with Crippen molar-refractivity contribution in [1.29, 1.82) is 0 Å². The third-order valence-corrected chi connectivity index (χ3v) is 3.52. The highest BCUT2D eigenvalue weighted by atomic mass is 127. The van der Waals surface area contributed by atoms with Crippen molar-refractivity contribution in [3.8, 4) is 5.69 Å². The van der Waals surface area contributed by atoms with Crippen molar-refractivity contribution in [2.24, 2.45) is 0 Å².